The zero-order valence-electron chi connectivity index (χ0n) is 17.0. The molecule has 2 amide bonds. The van der Waals surface area contributed by atoms with Gasteiger partial charge < -0.3 is 20.9 Å². The fourth-order valence-electron chi connectivity index (χ4n) is 3.50. The van der Waals surface area contributed by atoms with Crippen molar-refractivity contribution in [1.29, 1.82) is 0 Å². The molecule has 3 aromatic carbocycles. The van der Waals surface area contributed by atoms with Gasteiger partial charge in [0.15, 0.2) is 5.82 Å². The van der Waals surface area contributed by atoms with Gasteiger partial charge in [-0.3, -0.25) is 10.00 Å². The molecule has 8 nitrogen and oxygen atoms in total. The fraction of sp³-hybridized carbons (Fsp3) is 0.130. The Morgan fingerprint density at radius 3 is 2.39 bits per heavy atom. The minimum absolute atomic E-state index is 0.384. The number of H-pyrrole nitrogens is 1. The lowest BCUT2D eigenvalue weighted by molar-refractivity contribution is 0.147. The Kier molecular flexibility index (Phi) is 5.72. The van der Waals surface area contributed by atoms with Crippen LogP contribution in [-0.4, -0.2) is 36.6 Å². The molecule has 0 saturated carbocycles. The third kappa shape index (κ3) is 4.01. The summed E-state index contributed by atoms with van der Waals surface area (Å²) in [6.45, 7) is 0.896. The SMILES string of the molecule is COCCOc1ccc(-c2ccc(N(C(N)=O)c3ccccc3)cc2)c2c(N)n[nH]c12. The van der Waals surface area contributed by atoms with Crippen molar-refractivity contribution in [3.63, 3.8) is 0 Å². The highest BCUT2D eigenvalue weighted by molar-refractivity contribution is 6.04. The number of urea groups is 1. The van der Waals surface area contributed by atoms with Crippen LogP contribution in [0.5, 0.6) is 5.75 Å². The number of benzene rings is 3. The summed E-state index contributed by atoms with van der Waals surface area (Å²) >= 11 is 0. The minimum Gasteiger partial charge on any atom is -0.489 e. The number of methoxy groups -OCH3 is 1. The Balaban J connectivity index is 1.70. The molecular formula is C23H23N5O3. The first-order valence-corrected chi connectivity index (χ1v) is 9.73. The lowest BCUT2D eigenvalue weighted by Crippen LogP contribution is -2.31. The molecule has 0 radical (unpaired) electrons. The van der Waals surface area contributed by atoms with Crippen molar-refractivity contribution in [3.05, 3.63) is 66.7 Å². The average Bonchev–Trinajstić information content (AvgIpc) is 3.17. The van der Waals surface area contributed by atoms with Crippen molar-refractivity contribution in [2.24, 2.45) is 5.73 Å². The quantitative estimate of drug-likeness (QED) is 0.392. The maximum atomic E-state index is 12.1. The first-order chi connectivity index (χ1) is 15.1. The number of nitrogen functional groups attached to an aromatic ring is 1. The van der Waals surface area contributed by atoms with E-state index >= 15 is 0 Å². The van der Waals surface area contributed by atoms with Gasteiger partial charge in [0.05, 0.1) is 23.4 Å². The van der Waals surface area contributed by atoms with Crippen molar-refractivity contribution < 1.29 is 14.3 Å². The van der Waals surface area contributed by atoms with Crippen LogP contribution in [0.2, 0.25) is 0 Å². The molecule has 0 spiro atoms. The summed E-state index contributed by atoms with van der Waals surface area (Å²) in [5.41, 5.74) is 15.7. The molecule has 1 heterocycles. The Labute approximate surface area is 179 Å². The van der Waals surface area contributed by atoms with Crippen molar-refractivity contribution >= 4 is 34.1 Å². The fourth-order valence-corrected chi connectivity index (χ4v) is 3.50. The van der Waals surface area contributed by atoms with Crippen LogP contribution < -0.4 is 21.1 Å². The monoisotopic (exact) mass is 417 g/mol. The molecule has 0 bridgehead atoms. The molecule has 5 N–H and O–H groups in total. The van der Waals surface area contributed by atoms with Crippen LogP contribution in [-0.2, 0) is 4.74 Å². The molecule has 0 unspecified atom stereocenters. The van der Waals surface area contributed by atoms with E-state index in [1.54, 1.807) is 7.11 Å². The van der Waals surface area contributed by atoms with E-state index in [4.69, 9.17) is 20.9 Å². The number of fused-ring (bicyclic) bond motifs is 1. The number of aromatic nitrogens is 2. The molecule has 0 aliphatic carbocycles. The van der Waals surface area contributed by atoms with Gasteiger partial charge in [-0.2, -0.15) is 5.10 Å². The van der Waals surface area contributed by atoms with Gasteiger partial charge >= 0.3 is 6.03 Å². The van der Waals surface area contributed by atoms with Crippen molar-refractivity contribution in [3.8, 4) is 16.9 Å². The molecule has 0 aliphatic rings. The maximum absolute atomic E-state index is 12.1. The zero-order valence-corrected chi connectivity index (χ0v) is 17.0. The highest BCUT2D eigenvalue weighted by Crippen LogP contribution is 2.37. The molecule has 8 heteroatoms. The van der Waals surface area contributed by atoms with Crippen LogP contribution in [0, 0.1) is 0 Å². The number of carbonyl (C=O) groups excluding carboxylic acids is 1. The number of aromatic amines is 1. The molecule has 0 fully saturated rings. The van der Waals surface area contributed by atoms with E-state index in [1.807, 2.05) is 66.7 Å². The summed E-state index contributed by atoms with van der Waals surface area (Å²) in [5.74, 6) is 1.04. The highest BCUT2D eigenvalue weighted by Gasteiger charge is 2.17. The summed E-state index contributed by atoms with van der Waals surface area (Å²) in [4.78, 5) is 13.5. The molecule has 0 saturated heterocycles. The lowest BCUT2D eigenvalue weighted by atomic mass is 10.0. The van der Waals surface area contributed by atoms with Gasteiger partial charge in [-0.05, 0) is 47.5 Å². The third-order valence-corrected chi connectivity index (χ3v) is 4.93. The number of nitrogens with two attached hydrogens (primary N) is 2. The number of para-hydroxylation sites is 1. The van der Waals surface area contributed by atoms with E-state index in [9.17, 15) is 4.79 Å². The summed E-state index contributed by atoms with van der Waals surface area (Å²) in [5, 5.41) is 7.88. The van der Waals surface area contributed by atoms with Gasteiger partial charge in [-0.25, -0.2) is 4.79 Å². The Morgan fingerprint density at radius 2 is 1.71 bits per heavy atom. The smallest absolute Gasteiger partial charge is 0.323 e. The van der Waals surface area contributed by atoms with Gasteiger partial charge in [0.1, 0.15) is 17.9 Å². The molecule has 4 aromatic rings. The number of rotatable bonds is 7. The van der Waals surface area contributed by atoms with Crippen LogP contribution in [0.3, 0.4) is 0 Å². The van der Waals surface area contributed by atoms with E-state index in [0.29, 0.717) is 36.2 Å². The highest BCUT2D eigenvalue weighted by atomic mass is 16.5. The Hall–Kier alpha value is -4.04. The number of ether oxygens (including phenoxy) is 2. The second-order valence-electron chi connectivity index (χ2n) is 6.87. The minimum atomic E-state index is -0.557. The average molecular weight is 417 g/mol. The largest absolute Gasteiger partial charge is 0.489 e. The molecular weight excluding hydrogens is 394 g/mol. The second kappa shape index (κ2) is 8.76. The molecule has 31 heavy (non-hydrogen) atoms. The maximum Gasteiger partial charge on any atom is 0.323 e. The van der Waals surface area contributed by atoms with Crippen LogP contribution in [0.1, 0.15) is 0 Å². The molecule has 1 aromatic heterocycles. The van der Waals surface area contributed by atoms with Gasteiger partial charge in [-0.1, -0.05) is 30.3 Å². The zero-order chi connectivity index (χ0) is 21.8. The number of amides is 2. The second-order valence-corrected chi connectivity index (χ2v) is 6.87. The predicted molar refractivity (Wildman–Crippen MR) is 121 cm³/mol. The normalized spacial score (nSPS) is 10.9. The number of hydrogen-bond donors (Lipinski definition) is 3. The lowest BCUT2D eigenvalue weighted by Gasteiger charge is -2.21. The van der Waals surface area contributed by atoms with Crippen molar-refractivity contribution in [2.45, 2.75) is 0 Å². The van der Waals surface area contributed by atoms with E-state index < -0.39 is 6.03 Å². The number of nitrogens with one attached hydrogen (secondary N) is 1. The van der Waals surface area contributed by atoms with E-state index in [0.717, 1.165) is 22.0 Å². The third-order valence-electron chi connectivity index (χ3n) is 4.93. The summed E-state index contributed by atoms with van der Waals surface area (Å²) in [6.07, 6.45) is 0. The molecule has 0 atom stereocenters. The number of primary amides is 1. The first-order valence-electron chi connectivity index (χ1n) is 9.73. The first kappa shape index (κ1) is 20.2. The Morgan fingerprint density at radius 1 is 1.00 bits per heavy atom. The summed E-state index contributed by atoms with van der Waals surface area (Å²) < 4.78 is 10.8. The van der Waals surface area contributed by atoms with Gasteiger partial charge in [0.25, 0.3) is 0 Å². The number of nitrogens with zero attached hydrogens (tertiary/aromatic N) is 2. The number of anilines is 3. The van der Waals surface area contributed by atoms with E-state index in [2.05, 4.69) is 10.2 Å². The van der Waals surface area contributed by atoms with Crippen LogP contribution in [0.4, 0.5) is 22.0 Å². The summed E-state index contributed by atoms with van der Waals surface area (Å²) in [6, 6.07) is 20.0. The molecule has 4 rings (SSSR count). The predicted octanol–water partition coefficient (Wildman–Crippen LogP) is 4.05. The van der Waals surface area contributed by atoms with Crippen LogP contribution in [0.25, 0.3) is 22.0 Å². The van der Waals surface area contributed by atoms with Crippen LogP contribution >= 0.6 is 0 Å². The van der Waals surface area contributed by atoms with Crippen LogP contribution in [0.15, 0.2) is 66.7 Å². The number of hydrogen-bond acceptors (Lipinski definition) is 5. The van der Waals surface area contributed by atoms with E-state index in [-0.39, 0.29) is 0 Å². The van der Waals surface area contributed by atoms with Crippen molar-refractivity contribution in [2.75, 3.05) is 31.0 Å². The van der Waals surface area contributed by atoms with E-state index in [1.165, 1.54) is 4.90 Å². The van der Waals surface area contributed by atoms with Gasteiger partial charge in [0.2, 0.25) is 0 Å². The summed E-state index contributed by atoms with van der Waals surface area (Å²) in [7, 11) is 1.62. The standard InChI is InChI=1S/C23H23N5O3/c1-30-13-14-31-19-12-11-18(20-21(19)26-27-22(20)24)15-7-9-17(10-8-15)28(23(25)29)16-5-3-2-4-6-16/h2-12H,13-14H2,1H3,(H2,25,29)(H3,24,26,27). The topological polar surface area (TPSA) is 119 Å². The van der Waals surface area contributed by atoms with Crippen molar-refractivity contribution in [1.82, 2.24) is 10.2 Å². The Bertz CT molecular complexity index is 1190. The number of carbonyl (C=O) groups is 1. The molecule has 0 aliphatic heterocycles. The van der Waals surface area contributed by atoms with Gasteiger partial charge in [0, 0.05) is 7.11 Å². The molecule has 158 valence electrons. The van der Waals surface area contributed by atoms with Gasteiger partial charge in [-0.15, -0.1) is 0 Å².